The fourth-order valence-corrected chi connectivity index (χ4v) is 5.39. The molecule has 11 heteroatoms. The lowest BCUT2D eigenvalue weighted by molar-refractivity contribution is -0.113. The smallest absolute Gasteiger partial charge is 0.255 e. The maximum atomic E-state index is 13.2. The quantitative estimate of drug-likeness (QED) is 0.357. The molecule has 0 saturated carbocycles. The Bertz CT molecular complexity index is 1180. The Morgan fingerprint density at radius 1 is 1.36 bits per heavy atom. The molecule has 2 aromatic heterocycles. The Labute approximate surface area is 205 Å². The van der Waals surface area contributed by atoms with Gasteiger partial charge in [0.25, 0.3) is 5.91 Å². The number of amides is 2. The second-order valence-corrected chi connectivity index (χ2v) is 9.72. The normalized spacial score (nSPS) is 15.6. The van der Waals surface area contributed by atoms with Crippen molar-refractivity contribution < 1.29 is 9.59 Å². The van der Waals surface area contributed by atoms with E-state index in [1.165, 1.54) is 23.1 Å². The van der Waals surface area contributed by atoms with Crippen LogP contribution in [-0.2, 0) is 11.3 Å². The number of hydrogen-bond acceptors (Lipinski definition) is 7. The van der Waals surface area contributed by atoms with E-state index < -0.39 is 0 Å². The molecule has 0 aliphatic carbocycles. The molecule has 0 radical (unpaired) electrons. The third-order valence-electron chi connectivity index (χ3n) is 5.17. The van der Waals surface area contributed by atoms with E-state index in [-0.39, 0.29) is 23.6 Å². The number of carbonyl (C=O) groups excluding carboxylic acids is 2. The van der Waals surface area contributed by atoms with Crippen molar-refractivity contribution in [2.24, 2.45) is 0 Å². The molecule has 1 atom stereocenters. The first kappa shape index (κ1) is 23.5. The van der Waals surface area contributed by atoms with Crippen LogP contribution in [0.4, 0.5) is 5.13 Å². The molecule has 33 heavy (non-hydrogen) atoms. The first-order valence-corrected chi connectivity index (χ1v) is 12.7. The second kappa shape index (κ2) is 10.5. The van der Waals surface area contributed by atoms with Crippen LogP contribution in [0.2, 0.25) is 5.02 Å². The van der Waals surface area contributed by atoms with Crippen molar-refractivity contribution in [2.75, 3.05) is 17.6 Å². The van der Waals surface area contributed by atoms with Crippen molar-refractivity contribution in [2.45, 2.75) is 37.5 Å². The Morgan fingerprint density at radius 2 is 2.18 bits per heavy atom. The van der Waals surface area contributed by atoms with Gasteiger partial charge in [0.2, 0.25) is 5.91 Å². The van der Waals surface area contributed by atoms with Gasteiger partial charge in [-0.15, -0.1) is 28.1 Å². The van der Waals surface area contributed by atoms with Gasteiger partial charge in [-0.25, -0.2) is 4.98 Å². The summed E-state index contributed by atoms with van der Waals surface area (Å²) < 4.78 is 1.92. The molecule has 8 nitrogen and oxygen atoms in total. The van der Waals surface area contributed by atoms with Gasteiger partial charge in [-0.2, -0.15) is 0 Å². The van der Waals surface area contributed by atoms with E-state index in [2.05, 4.69) is 27.1 Å². The number of aryl methyl sites for hydroxylation is 1. The van der Waals surface area contributed by atoms with Crippen LogP contribution in [0.3, 0.4) is 0 Å². The Morgan fingerprint density at radius 3 is 2.91 bits per heavy atom. The standard InChI is InChI=1S/C22H23ClN6O2S2/c1-3-10-29-19(17-9-6-11-28(17)20(31)15-7-4-5-8-16(15)23)26-27-22(29)33-13-18(30)25-21-24-14(2)12-32-21/h3-5,7-8,12,17H,1,6,9-11,13H2,2H3,(H,24,25,30). The Kier molecular flexibility index (Phi) is 7.46. The lowest BCUT2D eigenvalue weighted by Gasteiger charge is -2.25. The van der Waals surface area contributed by atoms with E-state index in [9.17, 15) is 9.59 Å². The highest BCUT2D eigenvalue weighted by Gasteiger charge is 2.35. The summed E-state index contributed by atoms with van der Waals surface area (Å²) in [6, 6.07) is 6.83. The van der Waals surface area contributed by atoms with Crippen molar-refractivity contribution in [3.05, 3.63) is 64.4 Å². The number of halogens is 1. The van der Waals surface area contributed by atoms with E-state index in [1.54, 1.807) is 35.2 Å². The second-order valence-electron chi connectivity index (χ2n) is 7.51. The predicted molar refractivity (Wildman–Crippen MR) is 131 cm³/mol. The van der Waals surface area contributed by atoms with Gasteiger partial charge in [0.1, 0.15) is 0 Å². The minimum absolute atomic E-state index is 0.122. The fourth-order valence-electron chi connectivity index (χ4n) is 3.72. The number of thioether (sulfide) groups is 1. The number of carbonyl (C=O) groups is 2. The zero-order chi connectivity index (χ0) is 23.4. The van der Waals surface area contributed by atoms with Crippen molar-refractivity contribution in [3.8, 4) is 0 Å². The molecule has 0 bridgehead atoms. The van der Waals surface area contributed by atoms with Crippen molar-refractivity contribution in [1.82, 2.24) is 24.6 Å². The summed E-state index contributed by atoms with van der Waals surface area (Å²) in [5.74, 6) is 0.566. The van der Waals surface area contributed by atoms with E-state index >= 15 is 0 Å². The van der Waals surface area contributed by atoms with Crippen LogP contribution in [0.5, 0.6) is 0 Å². The minimum atomic E-state index is -0.220. The number of anilines is 1. The van der Waals surface area contributed by atoms with Crippen LogP contribution in [0.1, 0.15) is 40.8 Å². The minimum Gasteiger partial charge on any atom is -0.328 e. The molecule has 172 valence electrons. The molecule has 3 heterocycles. The topological polar surface area (TPSA) is 93.0 Å². The van der Waals surface area contributed by atoms with E-state index in [0.717, 1.165) is 18.5 Å². The van der Waals surface area contributed by atoms with Gasteiger partial charge < -0.3 is 14.8 Å². The molecule has 1 aliphatic heterocycles. The molecular formula is C22H23ClN6O2S2. The molecule has 0 spiro atoms. The molecule has 1 aliphatic rings. The number of hydrogen-bond donors (Lipinski definition) is 1. The average Bonchev–Trinajstić information content (AvgIpc) is 3.52. The van der Waals surface area contributed by atoms with Crippen molar-refractivity contribution >= 4 is 51.6 Å². The summed E-state index contributed by atoms with van der Waals surface area (Å²) in [5.41, 5.74) is 1.34. The predicted octanol–water partition coefficient (Wildman–Crippen LogP) is 4.59. The highest BCUT2D eigenvalue weighted by atomic mass is 35.5. The third kappa shape index (κ3) is 5.29. The van der Waals surface area contributed by atoms with Crippen molar-refractivity contribution in [3.63, 3.8) is 0 Å². The van der Waals surface area contributed by atoms with Gasteiger partial charge in [0.15, 0.2) is 16.1 Å². The lowest BCUT2D eigenvalue weighted by atomic mass is 10.1. The summed E-state index contributed by atoms with van der Waals surface area (Å²) in [4.78, 5) is 31.6. The van der Waals surface area contributed by atoms with Crippen LogP contribution in [-0.4, -0.2) is 48.8 Å². The summed E-state index contributed by atoms with van der Waals surface area (Å²) in [6.07, 6.45) is 3.39. The Balaban J connectivity index is 1.50. The summed E-state index contributed by atoms with van der Waals surface area (Å²) >= 11 is 8.95. The summed E-state index contributed by atoms with van der Waals surface area (Å²) in [7, 11) is 0. The van der Waals surface area contributed by atoms with Gasteiger partial charge in [0.05, 0.1) is 28.1 Å². The molecule has 1 saturated heterocycles. The number of nitrogens with zero attached hydrogens (tertiary/aromatic N) is 5. The first-order valence-electron chi connectivity index (χ1n) is 10.4. The third-order valence-corrected chi connectivity index (χ3v) is 7.34. The monoisotopic (exact) mass is 502 g/mol. The van der Waals surface area contributed by atoms with Gasteiger partial charge in [-0.05, 0) is 31.9 Å². The van der Waals surface area contributed by atoms with Gasteiger partial charge in [0, 0.05) is 18.5 Å². The van der Waals surface area contributed by atoms with Crippen molar-refractivity contribution in [1.29, 1.82) is 0 Å². The molecule has 1 N–H and O–H groups in total. The summed E-state index contributed by atoms with van der Waals surface area (Å²) in [6.45, 7) is 6.81. The number of likely N-dealkylation sites (tertiary alicyclic amines) is 1. The molecule has 4 rings (SSSR count). The number of benzene rings is 1. The van der Waals surface area contributed by atoms with E-state index in [0.29, 0.717) is 39.8 Å². The SMILES string of the molecule is C=CCn1c(SCC(=O)Nc2nc(C)cs2)nnc1C1CCCN1C(=O)c1ccccc1Cl. The number of allylic oxidation sites excluding steroid dienone is 1. The first-order chi connectivity index (χ1) is 16.0. The lowest BCUT2D eigenvalue weighted by Crippen LogP contribution is -2.32. The van der Waals surface area contributed by atoms with E-state index in [1.807, 2.05) is 16.9 Å². The van der Waals surface area contributed by atoms with E-state index in [4.69, 9.17) is 11.6 Å². The van der Waals surface area contributed by atoms with Gasteiger partial charge >= 0.3 is 0 Å². The zero-order valence-electron chi connectivity index (χ0n) is 18.0. The van der Waals surface area contributed by atoms with Crippen LogP contribution in [0.25, 0.3) is 0 Å². The largest absolute Gasteiger partial charge is 0.328 e. The number of thiazole rings is 1. The highest BCUT2D eigenvalue weighted by Crippen LogP contribution is 2.35. The molecule has 2 amide bonds. The van der Waals surface area contributed by atoms with Crippen LogP contribution in [0.15, 0.2) is 47.5 Å². The molecule has 1 unspecified atom stereocenters. The zero-order valence-corrected chi connectivity index (χ0v) is 20.4. The maximum absolute atomic E-state index is 13.2. The van der Waals surface area contributed by atoms with Crippen LogP contribution in [0, 0.1) is 6.92 Å². The van der Waals surface area contributed by atoms with Gasteiger partial charge in [-0.1, -0.05) is 41.6 Å². The average molecular weight is 503 g/mol. The molecule has 3 aromatic rings. The molecule has 1 aromatic carbocycles. The van der Waals surface area contributed by atoms with Crippen LogP contribution >= 0.6 is 34.7 Å². The van der Waals surface area contributed by atoms with Crippen LogP contribution < -0.4 is 5.32 Å². The fraction of sp³-hybridized carbons (Fsp3) is 0.318. The number of rotatable bonds is 8. The maximum Gasteiger partial charge on any atom is 0.255 e. The number of aromatic nitrogens is 4. The summed E-state index contributed by atoms with van der Waals surface area (Å²) in [5, 5.41) is 15.0. The molecular weight excluding hydrogens is 480 g/mol. The number of nitrogens with one attached hydrogen (secondary N) is 1. The van der Waals surface area contributed by atoms with Gasteiger partial charge in [-0.3, -0.25) is 9.59 Å². The molecule has 1 fully saturated rings. The highest BCUT2D eigenvalue weighted by molar-refractivity contribution is 7.99. The Hall–Kier alpha value is -2.69.